The van der Waals surface area contributed by atoms with Crippen molar-refractivity contribution < 1.29 is 14.6 Å². The maximum atomic E-state index is 10.3. The summed E-state index contributed by atoms with van der Waals surface area (Å²) in [7, 11) is 1.63. The lowest BCUT2D eigenvalue weighted by Crippen LogP contribution is -2.49. The van der Waals surface area contributed by atoms with Gasteiger partial charge < -0.3 is 19.5 Å². The number of aliphatic hydroxyl groups is 1. The minimum Gasteiger partial charge on any atom is -0.497 e. The predicted molar refractivity (Wildman–Crippen MR) is 109 cm³/mol. The zero-order chi connectivity index (χ0) is 19.2. The number of piperazine rings is 1. The van der Waals surface area contributed by atoms with Crippen LogP contribution in [0, 0.1) is 6.92 Å². The van der Waals surface area contributed by atoms with Gasteiger partial charge in [0.1, 0.15) is 24.2 Å². The van der Waals surface area contributed by atoms with E-state index in [2.05, 4.69) is 22.8 Å². The highest BCUT2D eigenvalue weighted by Gasteiger charge is 2.20. The highest BCUT2D eigenvalue weighted by molar-refractivity contribution is 6.30. The molecule has 1 aliphatic heterocycles. The van der Waals surface area contributed by atoms with Gasteiger partial charge >= 0.3 is 0 Å². The van der Waals surface area contributed by atoms with Gasteiger partial charge in [0.25, 0.3) is 0 Å². The first-order valence-corrected chi connectivity index (χ1v) is 9.61. The maximum Gasteiger partial charge on any atom is 0.119 e. The topological polar surface area (TPSA) is 45.2 Å². The molecule has 0 unspecified atom stereocenters. The number of anilines is 1. The van der Waals surface area contributed by atoms with Crippen molar-refractivity contribution in [1.29, 1.82) is 0 Å². The van der Waals surface area contributed by atoms with Crippen LogP contribution in [0.5, 0.6) is 11.5 Å². The summed E-state index contributed by atoms with van der Waals surface area (Å²) in [6.07, 6.45) is -0.522. The van der Waals surface area contributed by atoms with E-state index in [-0.39, 0.29) is 6.61 Å². The van der Waals surface area contributed by atoms with Gasteiger partial charge in [-0.25, -0.2) is 0 Å². The Labute approximate surface area is 166 Å². The van der Waals surface area contributed by atoms with Crippen LogP contribution in [0.3, 0.4) is 0 Å². The predicted octanol–water partition coefficient (Wildman–Crippen LogP) is 3.22. The minimum atomic E-state index is -0.522. The van der Waals surface area contributed by atoms with Gasteiger partial charge in [0.2, 0.25) is 0 Å². The molecule has 6 heteroatoms. The van der Waals surface area contributed by atoms with Crippen molar-refractivity contribution in [2.45, 2.75) is 13.0 Å². The summed E-state index contributed by atoms with van der Waals surface area (Å²) < 4.78 is 10.8. The number of hydrogen-bond acceptors (Lipinski definition) is 5. The van der Waals surface area contributed by atoms with Crippen LogP contribution in [0.4, 0.5) is 5.69 Å². The second-order valence-corrected chi connectivity index (χ2v) is 7.30. The second kappa shape index (κ2) is 9.31. The maximum absolute atomic E-state index is 10.3. The molecule has 1 heterocycles. The fourth-order valence-corrected chi connectivity index (χ4v) is 3.48. The molecule has 2 aromatic carbocycles. The van der Waals surface area contributed by atoms with E-state index in [4.69, 9.17) is 21.1 Å². The molecular weight excluding hydrogens is 364 g/mol. The summed E-state index contributed by atoms with van der Waals surface area (Å²) in [6.45, 7) is 6.66. The van der Waals surface area contributed by atoms with Crippen LogP contribution in [-0.4, -0.2) is 62.6 Å². The van der Waals surface area contributed by atoms with E-state index < -0.39 is 6.10 Å². The summed E-state index contributed by atoms with van der Waals surface area (Å²) in [6, 6.07) is 13.4. The van der Waals surface area contributed by atoms with Gasteiger partial charge in [-0.1, -0.05) is 17.7 Å². The van der Waals surface area contributed by atoms with E-state index in [9.17, 15) is 5.11 Å². The van der Waals surface area contributed by atoms with E-state index in [0.29, 0.717) is 6.54 Å². The first kappa shape index (κ1) is 19.8. The molecule has 0 radical (unpaired) electrons. The molecule has 1 atom stereocenters. The lowest BCUT2D eigenvalue weighted by molar-refractivity contribution is 0.0663. The van der Waals surface area contributed by atoms with E-state index >= 15 is 0 Å². The molecule has 0 saturated carbocycles. The van der Waals surface area contributed by atoms with Gasteiger partial charge in [-0.2, -0.15) is 0 Å². The number of aryl methyl sites for hydroxylation is 1. The normalized spacial score (nSPS) is 16.2. The van der Waals surface area contributed by atoms with Crippen LogP contribution >= 0.6 is 11.6 Å². The molecular formula is C21H27ClN2O3. The Bertz CT molecular complexity index is 731. The number of β-amino-alcohol motifs (C(OH)–C–C–N with tert-alkyl or cyclic N) is 1. The van der Waals surface area contributed by atoms with Crippen molar-refractivity contribution in [2.75, 3.05) is 51.3 Å². The molecule has 0 aliphatic carbocycles. The molecule has 146 valence electrons. The van der Waals surface area contributed by atoms with Crippen LogP contribution in [-0.2, 0) is 0 Å². The molecule has 0 bridgehead atoms. The van der Waals surface area contributed by atoms with Crippen molar-refractivity contribution in [2.24, 2.45) is 0 Å². The van der Waals surface area contributed by atoms with E-state index in [1.54, 1.807) is 7.11 Å². The fraction of sp³-hybridized carbons (Fsp3) is 0.429. The van der Waals surface area contributed by atoms with E-state index in [0.717, 1.165) is 42.7 Å². The Morgan fingerprint density at radius 3 is 2.37 bits per heavy atom. The summed E-state index contributed by atoms with van der Waals surface area (Å²) in [5, 5.41) is 11.1. The highest BCUT2D eigenvalue weighted by Crippen LogP contribution is 2.25. The first-order chi connectivity index (χ1) is 13.0. The Morgan fingerprint density at radius 1 is 1.04 bits per heavy atom. The Hall–Kier alpha value is -1.95. The Morgan fingerprint density at radius 2 is 1.70 bits per heavy atom. The van der Waals surface area contributed by atoms with E-state index in [1.165, 1.54) is 11.3 Å². The lowest BCUT2D eigenvalue weighted by Gasteiger charge is -2.37. The molecule has 3 rings (SSSR count). The molecule has 1 fully saturated rings. The van der Waals surface area contributed by atoms with Crippen molar-refractivity contribution in [3.8, 4) is 11.5 Å². The number of ether oxygens (including phenoxy) is 2. The standard InChI is InChI=1S/C21H27ClN2O3/c1-16-3-4-17(22)13-21(16)24-11-9-23(10-12-24)14-18(25)15-27-20-7-5-19(26-2)6-8-20/h3-8,13,18,25H,9-12,14-15H2,1-2H3/t18-/m0/s1. The molecule has 0 amide bonds. The van der Waals surface area contributed by atoms with Gasteiger partial charge in [0, 0.05) is 43.4 Å². The third-order valence-corrected chi connectivity index (χ3v) is 5.09. The largest absolute Gasteiger partial charge is 0.497 e. The van der Waals surface area contributed by atoms with Gasteiger partial charge in [0.05, 0.1) is 7.11 Å². The van der Waals surface area contributed by atoms with Crippen molar-refractivity contribution >= 4 is 17.3 Å². The van der Waals surface area contributed by atoms with Crippen LogP contribution in [0.2, 0.25) is 5.02 Å². The monoisotopic (exact) mass is 390 g/mol. The van der Waals surface area contributed by atoms with Crippen LogP contribution < -0.4 is 14.4 Å². The summed E-state index contributed by atoms with van der Waals surface area (Å²) >= 11 is 6.14. The van der Waals surface area contributed by atoms with Gasteiger partial charge in [-0.3, -0.25) is 4.90 Å². The molecule has 1 aliphatic rings. The number of methoxy groups -OCH3 is 1. The molecule has 1 N–H and O–H groups in total. The fourth-order valence-electron chi connectivity index (χ4n) is 3.31. The van der Waals surface area contributed by atoms with Crippen molar-refractivity contribution in [3.05, 3.63) is 53.1 Å². The van der Waals surface area contributed by atoms with Crippen LogP contribution in [0.1, 0.15) is 5.56 Å². The SMILES string of the molecule is COc1ccc(OC[C@@H](O)CN2CCN(c3cc(Cl)ccc3C)CC2)cc1. The van der Waals surface area contributed by atoms with Crippen molar-refractivity contribution in [1.82, 2.24) is 4.90 Å². The number of halogens is 1. The number of rotatable bonds is 7. The third-order valence-electron chi connectivity index (χ3n) is 4.85. The van der Waals surface area contributed by atoms with E-state index in [1.807, 2.05) is 36.4 Å². The zero-order valence-corrected chi connectivity index (χ0v) is 16.7. The van der Waals surface area contributed by atoms with Gasteiger partial charge in [-0.15, -0.1) is 0 Å². The molecule has 27 heavy (non-hydrogen) atoms. The molecule has 2 aromatic rings. The lowest BCUT2D eigenvalue weighted by atomic mass is 10.1. The zero-order valence-electron chi connectivity index (χ0n) is 15.9. The summed E-state index contributed by atoms with van der Waals surface area (Å²) in [5.41, 5.74) is 2.44. The average Bonchev–Trinajstić information content (AvgIpc) is 2.69. The van der Waals surface area contributed by atoms with Crippen LogP contribution in [0.25, 0.3) is 0 Å². The Kier molecular flexibility index (Phi) is 6.83. The van der Waals surface area contributed by atoms with Crippen LogP contribution in [0.15, 0.2) is 42.5 Å². The molecule has 1 saturated heterocycles. The summed E-state index contributed by atoms with van der Waals surface area (Å²) in [4.78, 5) is 4.64. The minimum absolute atomic E-state index is 0.278. The molecule has 0 spiro atoms. The first-order valence-electron chi connectivity index (χ1n) is 9.23. The number of benzene rings is 2. The molecule has 0 aromatic heterocycles. The highest BCUT2D eigenvalue weighted by atomic mass is 35.5. The quantitative estimate of drug-likeness (QED) is 0.786. The average molecular weight is 391 g/mol. The third kappa shape index (κ3) is 5.51. The molecule has 5 nitrogen and oxygen atoms in total. The smallest absolute Gasteiger partial charge is 0.119 e. The second-order valence-electron chi connectivity index (χ2n) is 6.86. The van der Waals surface area contributed by atoms with Gasteiger partial charge in [-0.05, 0) is 48.9 Å². The number of aliphatic hydroxyl groups excluding tert-OH is 1. The van der Waals surface area contributed by atoms with Crippen molar-refractivity contribution in [3.63, 3.8) is 0 Å². The summed E-state index contributed by atoms with van der Waals surface area (Å²) in [5.74, 6) is 1.52. The number of nitrogens with zero attached hydrogens (tertiary/aromatic N) is 2. The Balaban J connectivity index is 1.43. The number of hydrogen-bond donors (Lipinski definition) is 1. The van der Waals surface area contributed by atoms with Gasteiger partial charge in [0.15, 0.2) is 0 Å².